The van der Waals surface area contributed by atoms with Crippen LogP contribution in [0.2, 0.25) is 0 Å². The van der Waals surface area contributed by atoms with Crippen LogP contribution in [0.4, 0.5) is 0 Å². The molecule has 0 radical (unpaired) electrons. The van der Waals surface area contributed by atoms with E-state index in [-0.39, 0.29) is 0 Å². The van der Waals surface area contributed by atoms with Crippen LogP contribution in [0.25, 0.3) is 100 Å². The van der Waals surface area contributed by atoms with Gasteiger partial charge in [-0.05, 0) is 51.6 Å². The van der Waals surface area contributed by atoms with Crippen molar-refractivity contribution in [3.05, 3.63) is 152 Å². The molecule has 1 aliphatic rings. The minimum atomic E-state index is 0.609. The first-order chi connectivity index (χ1) is 23.3. The lowest BCUT2D eigenvalue weighted by atomic mass is 9.97. The number of nitrogens with zero attached hydrogens (tertiary/aromatic N) is 3. The Bertz CT molecular complexity index is 2680. The molecule has 0 N–H and O–H groups in total. The van der Waals surface area contributed by atoms with E-state index in [9.17, 15) is 0 Å². The summed E-state index contributed by atoms with van der Waals surface area (Å²) < 4.78 is 6.69. The van der Waals surface area contributed by atoms with E-state index in [4.69, 9.17) is 19.4 Å². The summed E-state index contributed by atoms with van der Waals surface area (Å²) in [5, 5.41) is 4.42. The second kappa shape index (κ2) is 10.1. The number of rotatable bonds is 4. The van der Waals surface area contributed by atoms with Crippen molar-refractivity contribution in [3.63, 3.8) is 0 Å². The molecule has 1 aliphatic carbocycles. The quantitative estimate of drug-likeness (QED) is 0.202. The van der Waals surface area contributed by atoms with Gasteiger partial charge in [-0.1, -0.05) is 133 Å². The third kappa shape index (κ3) is 3.98. The molecule has 9 aromatic rings. The number of aromatic nitrogens is 3. The van der Waals surface area contributed by atoms with E-state index in [0.717, 1.165) is 55.1 Å². The fourth-order valence-electron chi connectivity index (χ4n) is 7.14. The summed E-state index contributed by atoms with van der Waals surface area (Å²) in [6, 6.07) is 52.5. The molecule has 4 heteroatoms. The van der Waals surface area contributed by atoms with Gasteiger partial charge in [-0.25, -0.2) is 15.0 Å². The Labute approximate surface area is 270 Å². The van der Waals surface area contributed by atoms with Crippen LogP contribution in [0.3, 0.4) is 0 Å². The van der Waals surface area contributed by atoms with Crippen molar-refractivity contribution in [3.8, 4) is 67.5 Å². The van der Waals surface area contributed by atoms with Crippen LogP contribution in [0.15, 0.2) is 156 Å². The molecule has 0 saturated carbocycles. The summed E-state index contributed by atoms with van der Waals surface area (Å²) in [7, 11) is 0. The van der Waals surface area contributed by atoms with Crippen LogP contribution in [-0.4, -0.2) is 15.0 Å². The molecule has 2 heterocycles. The Morgan fingerprint density at radius 3 is 1.72 bits per heavy atom. The van der Waals surface area contributed by atoms with Crippen molar-refractivity contribution in [1.82, 2.24) is 15.0 Å². The highest BCUT2D eigenvalue weighted by atomic mass is 16.3. The lowest BCUT2D eigenvalue weighted by Gasteiger charge is -2.10. The first-order valence-corrected chi connectivity index (χ1v) is 15.8. The van der Waals surface area contributed by atoms with Gasteiger partial charge in [0.15, 0.2) is 17.5 Å². The number of hydrogen-bond donors (Lipinski definition) is 0. The molecule has 0 spiro atoms. The van der Waals surface area contributed by atoms with Crippen LogP contribution in [0.1, 0.15) is 0 Å². The maximum absolute atomic E-state index is 6.69. The maximum Gasteiger partial charge on any atom is 0.164 e. The lowest BCUT2D eigenvalue weighted by molar-refractivity contribution is 0.673. The standard InChI is InChI=1S/C43H25N3O/c1-3-12-26(13-4-1)28-16-9-17-29(24-28)42-44-41(27-14-5-2-6-15-27)45-43(46-42)34-22-11-23-37-39(34)36-25-35-31-19-8-7-18-30(31)32-20-10-21-33(38(32)35)40(36)47-37/h1-25H. The molecule has 0 bridgehead atoms. The average Bonchev–Trinajstić information content (AvgIpc) is 3.69. The van der Waals surface area contributed by atoms with Crippen LogP contribution in [0.5, 0.6) is 0 Å². The van der Waals surface area contributed by atoms with Crippen molar-refractivity contribution in [2.24, 2.45) is 0 Å². The predicted molar refractivity (Wildman–Crippen MR) is 191 cm³/mol. The third-order valence-corrected chi connectivity index (χ3v) is 9.26. The van der Waals surface area contributed by atoms with Crippen molar-refractivity contribution in [2.75, 3.05) is 0 Å². The molecule has 0 unspecified atom stereocenters. The van der Waals surface area contributed by atoms with Crippen molar-refractivity contribution in [2.45, 2.75) is 0 Å². The van der Waals surface area contributed by atoms with Gasteiger partial charge >= 0.3 is 0 Å². The first-order valence-electron chi connectivity index (χ1n) is 15.8. The van der Waals surface area contributed by atoms with E-state index < -0.39 is 0 Å². The Morgan fingerprint density at radius 2 is 0.915 bits per heavy atom. The Hall–Kier alpha value is -6.39. The highest BCUT2D eigenvalue weighted by molar-refractivity contribution is 6.27. The van der Waals surface area contributed by atoms with E-state index >= 15 is 0 Å². The summed E-state index contributed by atoms with van der Waals surface area (Å²) in [4.78, 5) is 15.3. The van der Waals surface area contributed by atoms with Gasteiger partial charge in [0.25, 0.3) is 0 Å². The van der Waals surface area contributed by atoms with E-state index in [1.54, 1.807) is 0 Å². The number of fused-ring (bicyclic) bond motifs is 7. The van der Waals surface area contributed by atoms with E-state index in [1.165, 1.54) is 27.6 Å². The normalized spacial score (nSPS) is 11.8. The summed E-state index contributed by atoms with van der Waals surface area (Å²) in [5.74, 6) is 1.86. The van der Waals surface area contributed by atoms with Crippen molar-refractivity contribution < 1.29 is 4.42 Å². The molecular weight excluding hydrogens is 574 g/mol. The van der Waals surface area contributed by atoms with Gasteiger partial charge < -0.3 is 4.42 Å². The smallest absolute Gasteiger partial charge is 0.164 e. The lowest BCUT2D eigenvalue weighted by Crippen LogP contribution is -2.00. The number of furan rings is 1. The summed E-state index contributed by atoms with van der Waals surface area (Å²) in [5.41, 5.74) is 11.7. The summed E-state index contributed by atoms with van der Waals surface area (Å²) >= 11 is 0. The molecule has 0 aliphatic heterocycles. The number of hydrogen-bond acceptors (Lipinski definition) is 4. The fourth-order valence-corrected chi connectivity index (χ4v) is 7.14. The van der Waals surface area contributed by atoms with Gasteiger partial charge in [0, 0.05) is 38.2 Å². The average molecular weight is 600 g/mol. The highest BCUT2D eigenvalue weighted by Gasteiger charge is 2.26. The molecule has 0 amide bonds. The van der Waals surface area contributed by atoms with Gasteiger partial charge in [-0.15, -0.1) is 0 Å². The minimum Gasteiger partial charge on any atom is -0.455 e. The van der Waals surface area contributed by atoms with Gasteiger partial charge in [0.2, 0.25) is 0 Å². The molecule has 218 valence electrons. The molecule has 2 aromatic heterocycles. The second-order valence-corrected chi connectivity index (χ2v) is 12.0. The van der Waals surface area contributed by atoms with Gasteiger partial charge in [0.05, 0.1) is 0 Å². The zero-order valence-corrected chi connectivity index (χ0v) is 25.2. The van der Waals surface area contributed by atoms with Gasteiger partial charge in [0.1, 0.15) is 11.2 Å². The van der Waals surface area contributed by atoms with E-state index in [1.807, 2.05) is 48.5 Å². The first kappa shape index (κ1) is 25.9. The Kier molecular flexibility index (Phi) is 5.54. The molecule has 47 heavy (non-hydrogen) atoms. The topological polar surface area (TPSA) is 51.8 Å². The van der Waals surface area contributed by atoms with Crippen molar-refractivity contribution >= 4 is 32.7 Å². The molecule has 0 atom stereocenters. The Balaban J connectivity index is 1.24. The second-order valence-electron chi connectivity index (χ2n) is 12.0. The number of benzene rings is 7. The van der Waals surface area contributed by atoms with E-state index in [2.05, 4.69) is 103 Å². The van der Waals surface area contributed by atoms with Crippen LogP contribution in [0, 0.1) is 0 Å². The summed E-state index contributed by atoms with van der Waals surface area (Å²) in [6.07, 6.45) is 0. The maximum atomic E-state index is 6.69. The zero-order chi connectivity index (χ0) is 30.9. The van der Waals surface area contributed by atoms with Gasteiger partial charge in [-0.3, -0.25) is 0 Å². The fraction of sp³-hybridized carbons (Fsp3) is 0. The van der Waals surface area contributed by atoms with Crippen LogP contribution < -0.4 is 0 Å². The monoisotopic (exact) mass is 599 g/mol. The zero-order valence-electron chi connectivity index (χ0n) is 25.2. The Morgan fingerprint density at radius 1 is 0.340 bits per heavy atom. The van der Waals surface area contributed by atoms with Crippen molar-refractivity contribution in [1.29, 1.82) is 0 Å². The third-order valence-electron chi connectivity index (χ3n) is 9.26. The summed E-state index contributed by atoms with van der Waals surface area (Å²) in [6.45, 7) is 0. The molecule has 0 saturated heterocycles. The van der Waals surface area contributed by atoms with Crippen LogP contribution >= 0.6 is 0 Å². The van der Waals surface area contributed by atoms with Gasteiger partial charge in [-0.2, -0.15) is 0 Å². The SMILES string of the molecule is c1ccc(-c2cccc(-c3nc(-c4ccccc4)nc(-c4cccc5oc6c7cccc8c7c(cc6c45)-c4ccccc4-8)n3)c2)cc1. The molecule has 7 aromatic carbocycles. The minimum absolute atomic E-state index is 0.609. The van der Waals surface area contributed by atoms with E-state index in [0.29, 0.717) is 17.5 Å². The molecular formula is C43H25N3O. The molecule has 10 rings (SSSR count). The van der Waals surface area contributed by atoms with Crippen LogP contribution in [-0.2, 0) is 0 Å². The predicted octanol–water partition coefficient (Wildman–Crippen LogP) is 11.2. The molecule has 4 nitrogen and oxygen atoms in total. The largest absolute Gasteiger partial charge is 0.455 e. The highest BCUT2D eigenvalue weighted by Crippen LogP contribution is 2.51. The molecule has 0 fully saturated rings.